The maximum Gasteiger partial charge on any atom is 0.161 e. The number of nitriles is 1. The first-order valence-corrected chi connectivity index (χ1v) is 6.57. The second-order valence-electron chi connectivity index (χ2n) is 4.74. The van der Waals surface area contributed by atoms with Gasteiger partial charge in [-0.3, -0.25) is 0 Å². The van der Waals surface area contributed by atoms with Gasteiger partial charge in [0.15, 0.2) is 11.5 Å². The molecular formula is C15H15N3O2. The third-order valence-electron chi connectivity index (χ3n) is 3.38. The van der Waals surface area contributed by atoms with E-state index in [-0.39, 0.29) is 0 Å². The molecule has 0 amide bonds. The number of hydrogen-bond acceptors (Lipinski definition) is 4. The molecule has 0 saturated carbocycles. The van der Waals surface area contributed by atoms with E-state index in [2.05, 4.69) is 11.1 Å². The van der Waals surface area contributed by atoms with E-state index >= 15 is 0 Å². The van der Waals surface area contributed by atoms with E-state index in [4.69, 9.17) is 14.7 Å². The highest BCUT2D eigenvalue weighted by molar-refractivity contribution is 5.44. The SMILES string of the molecule is Cn1cnc(CCc2ccc3c(c2)OCCO3)c1C#N. The smallest absolute Gasteiger partial charge is 0.161 e. The summed E-state index contributed by atoms with van der Waals surface area (Å²) in [5.74, 6) is 1.60. The molecule has 102 valence electrons. The lowest BCUT2D eigenvalue weighted by atomic mass is 10.1. The van der Waals surface area contributed by atoms with Gasteiger partial charge in [0.1, 0.15) is 25.0 Å². The lowest BCUT2D eigenvalue weighted by Crippen LogP contribution is -2.15. The second kappa shape index (κ2) is 5.25. The molecule has 0 saturated heterocycles. The molecule has 0 spiro atoms. The van der Waals surface area contributed by atoms with E-state index in [1.54, 1.807) is 10.9 Å². The largest absolute Gasteiger partial charge is 0.486 e. The van der Waals surface area contributed by atoms with Crippen molar-refractivity contribution < 1.29 is 9.47 Å². The van der Waals surface area contributed by atoms with Gasteiger partial charge in [0, 0.05) is 7.05 Å². The van der Waals surface area contributed by atoms with Crippen molar-refractivity contribution >= 4 is 0 Å². The van der Waals surface area contributed by atoms with Crippen LogP contribution in [-0.4, -0.2) is 22.8 Å². The maximum absolute atomic E-state index is 9.10. The Balaban J connectivity index is 1.74. The van der Waals surface area contributed by atoms with Gasteiger partial charge in [-0.15, -0.1) is 0 Å². The van der Waals surface area contributed by atoms with Crippen LogP contribution >= 0.6 is 0 Å². The van der Waals surface area contributed by atoms with E-state index in [1.807, 2.05) is 25.2 Å². The average molecular weight is 269 g/mol. The molecule has 0 unspecified atom stereocenters. The van der Waals surface area contributed by atoms with Gasteiger partial charge < -0.3 is 14.0 Å². The molecule has 1 aliphatic rings. The molecule has 2 heterocycles. The number of ether oxygens (including phenoxy) is 2. The zero-order valence-electron chi connectivity index (χ0n) is 11.3. The summed E-state index contributed by atoms with van der Waals surface area (Å²) in [6.07, 6.45) is 3.24. The maximum atomic E-state index is 9.10. The van der Waals surface area contributed by atoms with E-state index in [9.17, 15) is 0 Å². The molecule has 1 aromatic carbocycles. The van der Waals surface area contributed by atoms with Gasteiger partial charge in [-0.05, 0) is 30.5 Å². The molecule has 0 bridgehead atoms. The zero-order chi connectivity index (χ0) is 13.9. The Kier molecular flexibility index (Phi) is 3.30. The Labute approximate surface area is 117 Å². The number of benzene rings is 1. The lowest BCUT2D eigenvalue weighted by Gasteiger charge is -2.18. The fourth-order valence-electron chi connectivity index (χ4n) is 2.31. The minimum atomic E-state index is 0.593. The first-order chi connectivity index (χ1) is 9.78. The van der Waals surface area contributed by atoms with Crippen molar-refractivity contribution in [3.8, 4) is 17.6 Å². The highest BCUT2D eigenvalue weighted by Gasteiger charge is 2.13. The first-order valence-electron chi connectivity index (χ1n) is 6.57. The van der Waals surface area contributed by atoms with Gasteiger partial charge >= 0.3 is 0 Å². The summed E-state index contributed by atoms with van der Waals surface area (Å²) in [7, 11) is 1.83. The third kappa shape index (κ3) is 2.32. The van der Waals surface area contributed by atoms with Crippen molar-refractivity contribution in [3.63, 3.8) is 0 Å². The van der Waals surface area contributed by atoms with Crippen LogP contribution in [0.4, 0.5) is 0 Å². The molecule has 5 heteroatoms. The van der Waals surface area contributed by atoms with Crippen molar-refractivity contribution in [3.05, 3.63) is 41.5 Å². The van der Waals surface area contributed by atoms with E-state index in [0.29, 0.717) is 18.9 Å². The van der Waals surface area contributed by atoms with Crippen molar-refractivity contribution in [2.24, 2.45) is 7.05 Å². The van der Waals surface area contributed by atoms with Crippen LogP contribution in [-0.2, 0) is 19.9 Å². The van der Waals surface area contributed by atoms with Crippen LogP contribution in [0.2, 0.25) is 0 Å². The fraction of sp³-hybridized carbons (Fsp3) is 0.333. The summed E-state index contributed by atoms with van der Waals surface area (Å²) >= 11 is 0. The average Bonchev–Trinajstić information content (AvgIpc) is 2.85. The van der Waals surface area contributed by atoms with Crippen molar-refractivity contribution in [2.75, 3.05) is 13.2 Å². The number of aryl methyl sites for hydroxylation is 3. The minimum Gasteiger partial charge on any atom is -0.486 e. The molecule has 0 fully saturated rings. The Morgan fingerprint density at radius 3 is 2.85 bits per heavy atom. The van der Waals surface area contributed by atoms with Crippen LogP contribution in [0.1, 0.15) is 17.0 Å². The van der Waals surface area contributed by atoms with Crippen molar-refractivity contribution in [2.45, 2.75) is 12.8 Å². The third-order valence-corrected chi connectivity index (χ3v) is 3.38. The van der Waals surface area contributed by atoms with Crippen LogP contribution in [0.3, 0.4) is 0 Å². The molecule has 3 rings (SSSR count). The number of hydrogen-bond donors (Lipinski definition) is 0. The summed E-state index contributed by atoms with van der Waals surface area (Å²) < 4.78 is 12.8. The molecule has 0 radical (unpaired) electrons. The van der Waals surface area contributed by atoms with E-state index in [0.717, 1.165) is 35.6 Å². The number of imidazole rings is 1. The predicted molar refractivity (Wildman–Crippen MR) is 72.8 cm³/mol. The molecule has 20 heavy (non-hydrogen) atoms. The lowest BCUT2D eigenvalue weighted by molar-refractivity contribution is 0.171. The van der Waals surface area contributed by atoms with Gasteiger partial charge in [-0.2, -0.15) is 5.26 Å². The van der Waals surface area contributed by atoms with Crippen LogP contribution in [0.5, 0.6) is 11.5 Å². The summed E-state index contributed by atoms with van der Waals surface area (Å²) in [5, 5.41) is 9.10. The van der Waals surface area contributed by atoms with E-state index in [1.165, 1.54) is 0 Å². The second-order valence-corrected chi connectivity index (χ2v) is 4.74. The molecule has 1 aliphatic heterocycles. The topological polar surface area (TPSA) is 60.1 Å². The first kappa shape index (κ1) is 12.5. The van der Waals surface area contributed by atoms with Crippen LogP contribution in [0.15, 0.2) is 24.5 Å². The van der Waals surface area contributed by atoms with E-state index < -0.39 is 0 Å². The molecule has 0 aliphatic carbocycles. The highest BCUT2D eigenvalue weighted by atomic mass is 16.6. The van der Waals surface area contributed by atoms with Crippen molar-refractivity contribution in [1.29, 1.82) is 5.26 Å². The van der Waals surface area contributed by atoms with Gasteiger partial charge in [0.25, 0.3) is 0 Å². The Bertz CT molecular complexity index is 670. The van der Waals surface area contributed by atoms with Gasteiger partial charge in [0.05, 0.1) is 12.0 Å². The Morgan fingerprint density at radius 1 is 1.25 bits per heavy atom. The summed E-state index contributed by atoms with van der Waals surface area (Å²) in [5.41, 5.74) is 2.62. The van der Waals surface area contributed by atoms with Gasteiger partial charge in [-0.1, -0.05) is 6.07 Å². The molecule has 0 N–H and O–H groups in total. The van der Waals surface area contributed by atoms with Crippen molar-refractivity contribution in [1.82, 2.24) is 9.55 Å². The minimum absolute atomic E-state index is 0.593. The number of aromatic nitrogens is 2. The quantitative estimate of drug-likeness (QED) is 0.853. The highest BCUT2D eigenvalue weighted by Crippen LogP contribution is 2.31. The zero-order valence-corrected chi connectivity index (χ0v) is 11.3. The molecule has 1 aromatic heterocycles. The fourth-order valence-corrected chi connectivity index (χ4v) is 2.31. The summed E-state index contributed by atoms with van der Waals surface area (Å²) in [6, 6.07) is 8.16. The molecule has 5 nitrogen and oxygen atoms in total. The predicted octanol–water partition coefficient (Wildman–Crippen LogP) is 1.85. The monoisotopic (exact) mass is 269 g/mol. The Hall–Kier alpha value is -2.48. The van der Waals surface area contributed by atoms with Gasteiger partial charge in [0.2, 0.25) is 0 Å². The van der Waals surface area contributed by atoms with Crippen LogP contribution in [0.25, 0.3) is 0 Å². The normalized spacial score (nSPS) is 13.0. The van der Waals surface area contributed by atoms with Crippen LogP contribution < -0.4 is 9.47 Å². The standard InChI is InChI=1S/C15H15N3O2/c1-18-10-17-12(13(18)9-16)4-2-11-3-5-14-15(8-11)20-7-6-19-14/h3,5,8,10H,2,4,6-7H2,1H3. The molecule has 0 atom stereocenters. The number of rotatable bonds is 3. The van der Waals surface area contributed by atoms with Crippen LogP contribution in [0, 0.1) is 11.3 Å². The number of nitrogens with zero attached hydrogens (tertiary/aromatic N) is 3. The number of fused-ring (bicyclic) bond motifs is 1. The summed E-state index contributed by atoms with van der Waals surface area (Å²) in [6.45, 7) is 1.20. The Morgan fingerprint density at radius 2 is 2.05 bits per heavy atom. The molecule has 2 aromatic rings. The summed E-state index contributed by atoms with van der Waals surface area (Å²) in [4.78, 5) is 4.27. The van der Waals surface area contributed by atoms with Gasteiger partial charge in [-0.25, -0.2) is 4.98 Å². The molecular weight excluding hydrogens is 254 g/mol.